The van der Waals surface area contributed by atoms with Gasteiger partial charge in [-0.2, -0.15) is 8.78 Å². The van der Waals surface area contributed by atoms with Crippen LogP contribution >= 0.6 is 0 Å². The molecule has 0 bridgehead atoms. The average molecular weight is 559 g/mol. The average Bonchev–Trinajstić information content (AvgIpc) is 2.97. The maximum atomic E-state index is 14.9. The SMILES string of the molecule is CC=CC1CCC2CC(C3CCC(COc4ccc(-c5ccc(OCC)c(F)c5F)c(F)c4F)CC3)CCC2C1. The highest BCUT2D eigenvalue weighted by atomic mass is 19.2. The summed E-state index contributed by atoms with van der Waals surface area (Å²) in [6.07, 6.45) is 17.2. The van der Waals surface area contributed by atoms with Crippen molar-refractivity contribution in [2.45, 2.75) is 78.1 Å². The summed E-state index contributed by atoms with van der Waals surface area (Å²) < 4.78 is 69.5. The van der Waals surface area contributed by atoms with E-state index in [1.165, 1.54) is 75.6 Å². The third kappa shape index (κ3) is 6.21. The molecule has 3 aliphatic carbocycles. The molecule has 5 rings (SSSR count). The Morgan fingerprint density at radius 3 is 1.77 bits per heavy atom. The Balaban J connectivity index is 1.13. The highest BCUT2D eigenvalue weighted by Crippen LogP contribution is 2.49. The zero-order chi connectivity index (χ0) is 28.2. The lowest BCUT2D eigenvalue weighted by atomic mass is 9.61. The molecule has 218 valence electrons. The maximum Gasteiger partial charge on any atom is 0.201 e. The van der Waals surface area contributed by atoms with E-state index >= 15 is 0 Å². The minimum atomic E-state index is -1.27. The highest BCUT2D eigenvalue weighted by Gasteiger charge is 2.38. The third-order valence-electron chi connectivity index (χ3n) is 9.88. The van der Waals surface area contributed by atoms with E-state index in [1.54, 1.807) is 6.92 Å². The first kappa shape index (κ1) is 29.0. The summed E-state index contributed by atoms with van der Waals surface area (Å²) in [5.74, 6) is -0.896. The molecule has 0 radical (unpaired) electrons. The predicted octanol–water partition coefficient (Wildman–Crippen LogP) is 9.90. The van der Waals surface area contributed by atoms with Crippen molar-refractivity contribution in [3.05, 3.63) is 59.7 Å². The molecule has 3 aliphatic rings. The number of hydrogen-bond donors (Lipinski definition) is 0. The third-order valence-corrected chi connectivity index (χ3v) is 9.88. The Bertz CT molecular complexity index is 1190. The Hall–Kier alpha value is -2.50. The van der Waals surface area contributed by atoms with Gasteiger partial charge in [-0.15, -0.1) is 0 Å². The van der Waals surface area contributed by atoms with Gasteiger partial charge in [0.2, 0.25) is 11.6 Å². The highest BCUT2D eigenvalue weighted by molar-refractivity contribution is 5.67. The molecule has 3 fully saturated rings. The van der Waals surface area contributed by atoms with Gasteiger partial charge in [0.25, 0.3) is 0 Å². The fraction of sp³-hybridized carbons (Fsp3) is 0.588. The quantitative estimate of drug-likeness (QED) is 0.237. The van der Waals surface area contributed by atoms with Crippen molar-refractivity contribution < 1.29 is 27.0 Å². The molecule has 4 atom stereocenters. The molecule has 2 aromatic rings. The van der Waals surface area contributed by atoms with Gasteiger partial charge in [-0.1, -0.05) is 12.2 Å². The summed E-state index contributed by atoms with van der Waals surface area (Å²) >= 11 is 0. The van der Waals surface area contributed by atoms with Crippen LogP contribution in [0.25, 0.3) is 11.1 Å². The molecule has 4 unspecified atom stereocenters. The van der Waals surface area contributed by atoms with Gasteiger partial charge in [0.15, 0.2) is 23.1 Å². The van der Waals surface area contributed by atoms with Crippen LogP contribution in [0.5, 0.6) is 11.5 Å². The van der Waals surface area contributed by atoms with Crippen LogP contribution in [-0.4, -0.2) is 13.2 Å². The van der Waals surface area contributed by atoms with Crippen LogP contribution in [0.1, 0.15) is 78.1 Å². The minimum absolute atomic E-state index is 0.158. The lowest BCUT2D eigenvalue weighted by molar-refractivity contribution is 0.0627. The number of hydrogen-bond acceptors (Lipinski definition) is 2. The second kappa shape index (κ2) is 13.0. The first-order valence-corrected chi connectivity index (χ1v) is 15.2. The Kier molecular flexibility index (Phi) is 9.42. The van der Waals surface area contributed by atoms with Crippen molar-refractivity contribution in [3.8, 4) is 22.6 Å². The number of benzene rings is 2. The van der Waals surface area contributed by atoms with E-state index in [0.717, 1.165) is 42.4 Å². The fourth-order valence-corrected chi connectivity index (χ4v) is 7.73. The number of ether oxygens (including phenoxy) is 2. The van der Waals surface area contributed by atoms with Crippen molar-refractivity contribution in [3.63, 3.8) is 0 Å². The van der Waals surface area contributed by atoms with Gasteiger partial charge >= 0.3 is 0 Å². The molecule has 2 aromatic carbocycles. The van der Waals surface area contributed by atoms with Crippen molar-refractivity contribution in [2.75, 3.05) is 13.2 Å². The summed E-state index contributed by atoms with van der Waals surface area (Å²) in [6, 6.07) is 4.96. The topological polar surface area (TPSA) is 18.5 Å². The van der Waals surface area contributed by atoms with Gasteiger partial charge in [0.1, 0.15) is 0 Å². The molecular formula is C34H42F4O2. The standard InChI is InChI=1S/C34H42F4O2/c1-3-5-21-6-11-26-19-25(13-12-24(26)18-21)23-9-7-22(8-10-23)20-40-30-17-15-28(32(36)34(30)38)27-14-16-29(39-4-2)33(37)31(27)35/h3,5,14-17,21-26H,4,6-13,18-20H2,1-2H3. The Morgan fingerprint density at radius 2 is 1.18 bits per heavy atom. The maximum absolute atomic E-state index is 14.9. The smallest absolute Gasteiger partial charge is 0.201 e. The van der Waals surface area contributed by atoms with Crippen LogP contribution in [0.2, 0.25) is 0 Å². The van der Waals surface area contributed by atoms with Crippen LogP contribution in [0.15, 0.2) is 36.4 Å². The Labute approximate surface area is 236 Å². The van der Waals surface area contributed by atoms with Gasteiger partial charge in [-0.05, 0) is 138 Å². The molecular weight excluding hydrogens is 516 g/mol. The van der Waals surface area contributed by atoms with E-state index < -0.39 is 23.3 Å². The molecule has 0 spiro atoms. The van der Waals surface area contributed by atoms with E-state index in [0.29, 0.717) is 12.5 Å². The Morgan fingerprint density at radius 1 is 0.650 bits per heavy atom. The molecule has 0 heterocycles. The van der Waals surface area contributed by atoms with Crippen LogP contribution in [0.4, 0.5) is 17.6 Å². The van der Waals surface area contributed by atoms with E-state index in [9.17, 15) is 17.6 Å². The monoisotopic (exact) mass is 558 g/mol. The zero-order valence-electron chi connectivity index (χ0n) is 23.7. The van der Waals surface area contributed by atoms with Crippen molar-refractivity contribution in [2.24, 2.45) is 35.5 Å². The summed E-state index contributed by atoms with van der Waals surface area (Å²) in [4.78, 5) is 0. The number of allylic oxidation sites excluding steroid dienone is 2. The number of fused-ring (bicyclic) bond motifs is 1. The first-order valence-electron chi connectivity index (χ1n) is 15.2. The fourth-order valence-electron chi connectivity index (χ4n) is 7.73. The van der Waals surface area contributed by atoms with Gasteiger partial charge in [-0.3, -0.25) is 0 Å². The van der Waals surface area contributed by atoms with Gasteiger partial charge in [-0.25, -0.2) is 8.78 Å². The molecule has 0 N–H and O–H groups in total. The molecule has 0 saturated heterocycles. The summed E-state index contributed by atoms with van der Waals surface area (Å²) in [5.41, 5.74) is -0.711. The second-order valence-electron chi connectivity index (χ2n) is 12.2. The molecule has 3 saturated carbocycles. The van der Waals surface area contributed by atoms with E-state index in [-0.39, 0.29) is 29.2 Å². The lowest BCUT2D eigenvalue weighted by Crippen LogP contribution is -2.34. The van der Waals surface area contributed by atoms with E-state index in [1.807, 2.05) is 0 Å². The minimum Gasteiger partial charge on any atom is -0.491 e. The normalized spacial score (nSPS) is 28.9. The predicted molar refractivity (Wildman–Crippen MR) is 150 cm³/mol. The lowest BCUT2D eigenvalue weighted by Gasteiger charge is -2.45. The molecule has 40 heavy (non-hydrogen) atoms. The van der Waals surface area contributed by atoms with Crippen molar-refractivity contribution >= 4 is 0 Å². The van der Waals surface area contributed by atoms with Crippen LogP contribution < -0.4 is 9.47 Å². The van der Waals surface area contributed by atoms with Crippen molar-refractivity contribution in [1.82, 2.24) is 0 Å². The second-order valence-corrected chi connectivity index (χ2v) is 12.2. The van der Waals surface area contributed by atoms with Gasteiger partial charge < -0.3 is 9.47 Å². The number of rotatable bonds is 8. The van der Waals surface area contributed by atoms with Crippen LogP contribution in [0.3, 0.4) is 0 Å². The molecule has 0 aliphatic heterocycles. The molecule has 0 amide bonds. The summed E-state index contributed by atoms with van der Waals surface area (Å²) in [5, 5.41) is 0. The number of halogens is 4. The van der Waals surface area contributed by atoms with Crippen molar-refractivity contribution in [1.29, 1.82) is 0 Å². The molecule has 0 aromatic heterocycles. The van der Waals surface area contributed by atoms with Crippen LogP contribution in [0, 0.1) is 58.8 Å². The van der Waals surface area contributed by atoms with E-state index in [2.05, 4.69) is 19.1 Å². The van der Waals surface area contributed by atoms with Gasteiger partial charge in [0.05, 0.1) is 13.2 Å². The largest absolute Gasteiger partial charge is 0.491 e. The van der Waals surface area contributed by atoms with Gasteiger partial charge in [0, 0.05) is 11.1 Å². The molecule has 2 nitrogen and oxygen atoms in total. The zero-order valence-corrected chi connectivity index (χ0v) is 23.7. The molecule has 6 heteroatoms. The summed E-state index contributed by atoms with van der Waals surface area (Å²) in [6.45, 7) is 4.26. The summed E-state index contributed by atoms with van der Waals surface area (Å²) in [7, 11) is 0. The first-order chi connectivity index (χ1) is 19.4. The van der Waals surface area contributed by atoms with E-state index in [4.69, 9.17) is 9.47 Å². The van der Waals surface area contributed by atoms with Crippen LogP contribution in [-0.2, 0) is 0 Å².